The third kappa shape index (κ3) is 1.66. The first kappa shape index (κ1) is 10.9. The molecule has 2 rings (SSSR count). The summed E-state index contributed by atoms with van der Waals surface area (Å²) in [6.45, 7) is 4.34. The highest BCUT2D eigenvalue weighted by Gasteiger charge is 2.57. The number of halogens is 1. The Bertz CT molecular complexity index is 392. The Hall–Kier alpha value is -0.610. The molecule has 0 unspecified atom stereocenters. The van der Waals surface area contributed by atoms with Gasteiger partial charge in [-0.2, -0.15) is 0 Å². The first-order valence-corrected chi connectivity index (χ1v) is 5.72. The van der Waals surface area contributed by atoms with E-state index in [4.69, 9.17) is 10.5 Å². The second kappa shape index (κ2) is 3.46. The van der Waals surface area contributed by atoms with Crippen LogP contribution in [0.25, 0.3) is 0 Å². The largest absolute Gasteiger partial charge is 0.481 e. The summed E-state index contributed by atoms with van der Waals surface area (Å²) in [5.41, 5.74) is 7.30. The van der Waals surface area contributed by atoms with Crippen LogP contribution in [0.1, 0.15) is 25.3 Å². The normalized spacial score (nSPS) is 27.5. The highest BCUT2D eigenvalue weighted by Crippen LogP contribution is 2.59. The van der Waals surface area contributed by atoms with Gasteiger partial charge in [0.05, 0.1) is 7.11 Å². The van der Waals surface area contributed by atoms with Crippen molar-refractivity contribution in [2.75, 3.05) is 7.11 Å². The molecule has 0 spiro atoms. The average molecular weight is 271 g/mol. The molecule has 1 fully saturated rings. The van der Waals surface area contributed by atoms with E-state index >= 15 is 0 Å². The van der Waals surface area contributed by atoms with Gasteiger partial charge >= 0.3 is 0 Å². The minimum absolute atomic E-state index is 0.149. The number of methoxy groups -OCH3 is 1. The lowest BCUT2D eigenvalue weighted by atomic mass is 10.0. The van der Waals surface area contributed by atoms with Crippen molar-refractivity contribution in [1.82, 2.24) is 4.98 Å². The molecule has 1 aromatic heterocycles. The van der Waals surface area contributed by atoms with Crippen molar-refractivity contribution in [2.24, 2.45) is 11.1 Å². The van der Waals surface area contributed by atoms with E-state index in [1.54, 1.807) is 13.3 Å². The van der Waals surface area contributed by atoms with Crippen LogP contribution in [0.15, 0.2) is 16.7 Å². The Kier molecular flexibility index (Phi) is 2.51. The quantitative estimate of drug-likeness (QED) is 0.897. The number of nitrogens with zero attached hydrogens (tertiary/aromatic N) is 1. The maximum Gasteiger partial charge on any atom is 0.216 e. The molecule has 0 saturated heterocycles. The summed E-state index contributed by atoms with van der Waals surface area (Å²) in [5, 5.41) is 0. The van der Waals surface area contributed by atoms with E-state index in [9.17, 15) is 0 Å². The van der Waals surface area contributed by atoms with E-state index in [0.29, 0.717) is 11.8 Å². The summed E-state index contributed by atoms with van der Waals surface area (Å²) in [6.07, 6.45) is 1.74. The summed E-state index contributed by atoms with van der Waals surface area (Å²) >= 11 is 3.42. The van der Waals surface area contributed by atoms with E-state index in [2.05, 4.69) is 34.8 Å². The lowest BCUT2D eigenvalue weighted by molar-refractivity contribution is 0.390. The van der Waals surface area contributed by atoms with Gasteiger partial charge in [-0.1, -0.05) is 13.8 Å². The van der Waals surface area contributed by atoms with Gasteiger partial charge in [0.1, 0.15) is 0 Å². The molecule has 0 bridgehead atoms. The van der Waals surface area contributed by atoms with Crippen LogP contribution in [0, 0.1) is 5.41 Å². The van der Waals surface area contributed by atoms with Gasteiger partial charge in [0.2, 0.25) is 5.88 Å². The summed E-state index contributed by atoms with van der Waals surface area (Å²) < 4.78 is 6.22. The van der Waals surface area contributed by atoms with Gasteiger partial charge in [-0.25, -0.2) is 4.98 Å². The lowest BCUT2D eigenvalue weighted by Gasteiger charge is -2.08. The van der Waals surface area contributed by atoms with Crippen LogP contribution >= 0.6 is 15.9 Å². The van der Waals surface area contributed by atoms with Gasteiger partial charge in [0.25, 0.3) is 0 Å². The Labute approximate surface area is 98.2 Å². The van der Waals surface area contributed by atoms with Gasteiger partial charge < -0.3 is 10.5 Å². The fraction of sp³-hybridized carbons (Fsp3) is 0.545. The molecule has 1 saturated carbocycles. The molecular formula is C11H15BrN2O. The number of rotatable bonds is 2. The maximum absolute atomic E-state index is 6.05. The first-order valence-electron chi connectivity index (χ1n) is 4.93. The highest BCUT2D eigenvalue weighted by molar-refractivity contribution is 9.10. The van der Waals surface area contributed by atoms with Crippen LogP contribution in [0.3, 0.4) is 0 Å². The highest BCUT2D eigenvalue weighted by atomic mass is 79.9. The molecule has 0 aromatic carbocycles. The van der Waals surface area contributed by atoms with Gasteiger partial charge in [-0.3, -0.25) is 0 Å². The fourth-order valence-electron chi connectivity index (χ4n) is 2.11. The van der Waals surface area contributed by atoms with Crippen molar-refractivity contribution in [1.29, 1.82) is 0 Å². The average Bonchev–Trinajstić information content (AvgIpc) is 2.66. The predicted molar refractivity (Wildman–Crippen MR) is 63.0 cm³/mol. The molecule has 0 amide bonds. The number of nitrogens with two attached hydrogens (primary N) is 1. The van der Waals surface area contributed by atoms with Crippen LogP contribution in [0.5, 0.6) is 5.88 Å². The molecule has 1 aromatic rings. The Morgan fingerprint density at radius 3 is 2.60 bits per heavy atom. The molecule has 0 aliphatic heterocycles. The molecule has 0 radical (unpaired) electrons. The van der Waals surface area contributed by atoms with Gasteiger partial charge in [0, 0.05) is 28.2 Å². The lowest BCUT2D eigenvalue weighted by Crippen LogP contribution is -2.06. The van der Waals surface area contributed by atoms with Crippen molar-refractivity contribution in [2.45, 2.75) is 25.8 Å². The molecular weight excluding hydrogens is 256 g/mol. The van der Waals surface area contributed by atoms with Crippen LogP contribution in [-0.4, -0.2) is 18.1 Å². The van der Waals surface area contributed by atoms with Crippen molar-refractivity contribution in [3.05, 3.63) is 22.3 Å². The summed E-state index contributed by atoms with van der Waals surface area (Å²) in [5.74, 6) is 1.03. The Morgan fingerprint density at radius 2 is 2.13 bits per heavy atom. The monoisotopic (exact) mass is 270 g/mol. The maximum atomic E-state index is 6.05. The third-order valence-corrected chi connectivity index (χ3v) is 3.72. The van der Waals surface area contributed by atoms with Crippen LogP contribution in [0.4, 0.5) is 0 Å². The summed E-state index contributed by atoms with van der Waals surface area (Å²) in [4.78, 5) is 4.23. The molecule has 4 heteroatoms. The zero-order chi connectivity index (χ0) is 11.2. The van der Waals surface area contributed by atoms with Gasteiger partial charge in [0.15, 0.2) is 0 Å². The molecule has 15 heavy (non-hydrogen) atoms. The molecule has 1 aliphatic rings. The van der Waals surface area contributed by atoms with Crippen molar-refractivity contribution >= 4 is 15.9 Å². The van der Waals surface area contributed by atoms with E-state index in [0.717, 1.165) is 10.0 Å². The first-order chi connectivity index (χ1) is 6.98. The predicted octanol–water partition coefficient (Wildman–Crippen LogP) is 2.30. The Balaban J connectivity index is 2.40. The van der Waals surface area contributed by atoms with Crippen molar-refractivity contribution in [3.63, 3.8) is 0 Å². The van der Waals surface area contributed by atoms with Crippen molar-refractivity contribution < 1.29 is 4.74 Å². The standard InChI is InChI=1S/C11H15BrN2O/c1-11(2)8(9(11)13)7-4-6(12)5-14-10(7)15-3/h4-5,8-9H,13H2,1-3H3/t8-,9-/m0/s1. The van der Waals surface area contributed by atoms with Crippen LogP contribution < -0.4 is 10.5 Å². The number of aromatic nitrogens is 1. The number of hydrogen-bond donors (Lipinski definition) is 1. The van der Waals surface area contributed by atoms with Crippen LogP contribution in [-0.2, 0) is 0 Å². The summed E-state index contributed by atoms with van der Waals surface area (Å²) in [7, 11) is 1.64. The number of pyridine rings is 1. The second-order valence-electron chi connectivity index (χ2n) is 4.58. The van der Waals surface area contributed by atoms with Gasteiger partial charge in [-0.15, -0.1) is 0 Å². The van der Waals surface area contributed by atoms with E-state index in [1.165, 1.54) is 0 Å². The van der Waals surface area contributed by atoms with E-state index in [-0.39, 0.29) is 11.5 Å². The third-order valence-electron chi connectivity index (χ3n) is 3.28. The zero-order valence-corrected chi connectivity index (χ0v) is 10.7. The number of hydrogen-bond acceptors (Lipinski definition) is 3. The molecule has 2 atom stereocenters. The SMILES string of the molecule is COc1ncc(Br)cc1[C@H]1[C@H](N)C1(C)C. The van der Waals surface area contributed by atoms with E-state index < -0.39 is 0 Å². The zero-order valence-electron chi connectivity index (χ0n) is 9.12. The molecule has 1 aliphatic carbocycles. The number of ether oxygens (including phenoxy) is 1. The molecule has 2 N–H and O–H groups in total. The fourth-order valence-corrected chi connectivity index (χ4v) is 2.46. The molecule has 1 heterocycles. The Morgan fingerprint density at radius 1 is 1.53 bits per heavy atom. The minimum Gasteiger partial charge on any atom is -0.481 e. The van der Waals surface area contributed by atoms with Crippen LogP contribution in [0.2, 0.25) is 0 Å². The van der Waals surface area contributed by atoms with Gasteiger partial charge in [-0.05, 0) is 27.4 Å². The smallest absolute Gasteiger partial charge is 0.216 e. The van der Waals surface area contributed by atoms with E-state index in [1.807, 2.05) is 6.07 Å². The minimum atomic E-state index is 0.149. The molecule has 3 nitrogen and oxygen atoms in total. The topological polar surface area (TPSA) is 48.1 Å². The van der Waals surface area contributed by atoms with Crippen molar-refractivity contribution in [3.8, 4) is 5.88 Å². The summed E-state index contributed by atoms with van der Waals surface area (Å²) in [6, 6.07) is 2.24. The molecule has 82 valence electrons. The second-order valence-corrected chi connectivity index (χ2v) is 5.49.